The van der Waals surface area contributed by atoms with Crippen molar-refractivity contribution in [2.75, 3.05) is 19.6 Å². The number of fused-ring (bicyclic) bond motifs is 1. The Balaban J connectivity index is 1.39. The second-order valence-electron chi connectivity index (χ2n) is 7.38. The Bertz CT molecular complexity index is 634. The zero-order valence-electron chi connectivity index (χ0n) is 15.4. The van der Waals surface area contributed by atoms with Crippen molar-refractivity contribution >= 4 is 11.9 Å². The van der Waals surface area contributed by atoms with E-state index in [-0.39, 0.29) is 18.0 Å². The molecule has 2 aliphatic rings. The van der Waals surface area contributed by atoms with Gasteiger partial charge < -0.3 is 21.3 Å². The van der Waals surface area contributed by atoms with E-state index < -0.39 is 0 Å². The number of carbonyl (C=O) groups excluding carboxylic acids is 2. The number of hydrogen-bond acceptors (Lipinski definition) is 3. The average Bonchev–Trinajstić information content (AvgIpc) is 2.68. The highest BCUT2D eigenvalue weighted by atomic mass is 16.2. The number of nitrogens with two attached hydrogens (primary N) is 1. The molecule has 0 saturated heterocycles. The van der Waals surface area contributed by atoms with Crippen LogP contribution in [-0.2, 0) is 17.8 Å². The summed E-state index contributed by atoms with van der Waals surface area (Å²) < 4.78 is 0. The van der Waals surface area contributed by atoms with Gasteiger partial charge >= 0.3 is 6.03 Å². The van der Waals surface area contributed by atoms with Crippen molar-refractivity contribution in [3.8, 4) is 0 Å². The number of rotatable bonds is 5. The Hall–Kier alpha value is -2.08. The lowest BCUT2D eigenvalue weighted by Crippen LogP contribution is -2.46. The van der Waals surface area contributed by atoms with Crippen LogP contribution in [0.1, 0.15) is 43.2 Å². The van der Waals surface area contributed by atoms with Crippen LogP contribution in [0.2, 0.25) is 0 Å². The highest BCUT2D eigenvalue weighted by Crippen LogP contribution is 2.23. The topological polar surface area (TPSA) is 87.5 Å². The van der Waals surface area contributed by atoms with Crippen molar-refractivity contribution in [1.82, 2.24) is 15.5 Å². The Morgan fingerprint density at radius 3 is 2.73 bits per heavy atom. The molecule has 1 saturated carbocycles. The van der Waals surface area contributed by atoms with Crippen molar-refractivity contribution in [2.45, 2.75) is 51.1 Å². The highest BCUT2D eigenvalue weighted by molar-refractivity contribution is 5.78. The lowest BCUT2D eigenvalue weighted by atomic mass is 9.84. The zero-order chi connectivity index (χ0) is 18.4. The molecule has 3 rings (SSSR count). The molecule has 6 nitrogen and oxygen atoms in total. The smallest absolute Gasteiger partial charge is 0.317 e. The third kappa shape index (κ3) is 4.75. The van der Waals surface area contributed by atoms with E-state index in [1.165, 1.54) is 17.5 Å². The molecular formula is C20H30N4O2. The maximum absolute atomic E-state index is 12.3. The summed E-state index contributed by atoms with van der Waals surface area (Å²) in [4.78, 5) is 26.3. The van der Waals surface area contributed by atoms with Crippen LogP contribution in [0, 0.1) is 5.92 Å². The summed E-state index contributed by atoms with van der Waals surface area (Å²) in [6.45, 7) is 2.34. The van der Waals surface area contributed by atoms with Crippen LogP contribution < -0.4 is 16.4 Å². The Labute approximate surface area is 155 Å². The van der Waals surface area contributed by atoms with Crippen LogP contribution in [-0.4, -0.2) is 42.5 Å². The summed E-state index contributed by atoms with van der Waals surface area (Å²) in [6.07, 6.45) is 5.63. The zero-order valence-corrected chi connectivity index (χ0v) is 15.4. The first-order chi connectivity index (χ1) is 12.7. The van der Waals surface area contributed by atoms with Crippen LogP contribution in [0.25, 0.3) is 0 Å². The van der Waals surface area contributed by atoms with Gasteiger partial charge in [-0.05, 0) is 42.9 Å². The van der Waals surface area contributed by atoms with Gasteiger partial charge in [-0.3, -0.25) is 4.79 Å². The van der Waals surface area contributed by atoms with E-state index in [4.69, 9.17) is 5.73 Å². The predicted octanol–water partition coefficient (Wildman–Crippen LogP) is 1.78. The van der Waals surface area contributed by atoms with Crippen LogP contribution >= 0.6 is 0 Å². The number of amides is 3. The van der Waals surface area contributed by atoms with Gasteiger partial charge in [0.2, 0.25) is 5.91 Å². The molecular weight excluding hydrogens is 328 g/mol. The molecule has 6 heteroatoms. The highest BCUT2D eigenvalue weighted by Gasteiger charge is 2.25. The van der Waals surface area contributed by atoms with Gasteiger partial charge in [0.15, 0.2) is 0 Å². The molecule has 0 radical (unpaired) electrons. The number of urea groups is 1. The largest absolute Gasteiger partial charge is 0.353 e. The summed E-state index contributed by atoms with van der Waals surface area (Å²) in [6, 6.07) is 8.33. The van der Waals surface area contributed by atoms with Gasteiger partial charge in [-0.1, -0.05) is 37.1 Å². The molecule has 1 aromatic carbocycles. The third-order valence-corrected chi connectivity index (χ3v) is 5.60. The Kier molecular flexibility index (Phi) is 6.50. The summed E-state index contributed by atoms with van der Waals surface area (Å²) in [5.74, 6) is 0.385. The first-order valence-electron chi connectivity index (χ1n) is 9.76. The normalized spacial score (nSPS) is 22.4. The SMILES string of the molecule is NCC1CCCCC1NC(=O)CCNC(=O)N1CCc2ccccc2C1. The average molecular weight is 358 g/mol. The minimum atomic E-state index is -0.0928. The number of nitrogens with one attached hydrogen (secondary N) is 2. The molecule has 1 aromatic rings. The van der Waals surface area contributed by atoms with Crippen LogP contribution in [0.3, 0.4) is 0 Å². The van der Waals surface area contributed by atoms with E-state index in [0.717, 1.165) is 32.2 Å². The minimum Gasteiger partial charge on any atom is -0.353 e. The van der Waals surface area contributed by atoms with Crippen molar-refractivity contribution in [2.24, 2.45) is 11.7 Å². The summed E-state index contributed by atoms with van der Waals surface area (Å²) >= 11 is 0. The third-order valence-electron chi connectivity index (χ3n) is 5.60. The van der Waals surface area contributed by atoms with Gasteiger partial charge in [-0.2, -0.15) is 0 Å². The molecule has 2 atom stereocenters. The maximum Gasteiger partial charge on any atom is 0.317 e. The van der Waals surface area contributed by atoms with E-state index in [1.54, 1.807) is 0 Å². The molecule has 1 aliphatic heterocycles. The van der Waals surface area contributed by atoms with Crippen molar-refractivity contribution < 1.29 is 9.59 Å². The molecule has 4 N–H and O–H groups in total. The Morgan fingerprint density at radius 1 is 1.15 bits per heavy atom. The summed E-state index contributed by atoms with van der Waals surface area (Å²) in [5, 5.41) is 5.98. The quantitative estimate of drug-likeness (QED) is 0.750. The van der Waals surface area contributed by atoms with Gasteiger partial charge in [0.25, 0.3) is 0 Å². The molecule has 2 unspecified atom stereocenters. The number of nitrogens with zero attached hydrogens (tertiary/aromatic N) is 1. The second kappa shape index (κ2) is 9.03. The van der Waals surface area contributed by atoms with E-state index in [2.05, 4.69) is 22.8 Å². The number of carbonyl (C=O) groups is 2. The first kappa shape index (κ1) is 18.7. The monoisotopic (exact) mass is 358 g/mol. The maximum atomic E-state index is 12.3. The van der Waals surface area contributed by atoms with Gasteiger partial charge in [0.05, 0.1) is 0 Å². The van der Waals surface area contributed by atoms with Crippen molar-refractivity contribution in [3.63, 3.8) is 0 Å². The van der Waals surface area contributed by atoms with Gasteiger partial charge in [-0.25, -0.2) is 4.79 Å². The fourth-order valence-electron chi connectivity index (χ4n) is 4.02. The summed E-state index contributed by atoms with van der Waals surface area (Å²) in [7, 11) is 0. The number of benzene rings is 1. The number of hydrogen-bond donors (Lipinski definition) is 3. The standard InChI is InChI=1S/C20H30N4O2/c21-13-16-6-3-4-8-18(16)23-19(25)9-11-22-20(26)24-12-10-15-5-1-2-7-17(15)14-24/h1-2,5,7,16,18H,3-4,6,8-14,21H2,(H,22,26)(H,23,25). The van der Waals surface area contributed by atoms with E-state index >= 15 is 0 Å². The van der Waals surface area contributed by atoms with E-state index in [1.807, 2.05) is 17.0 Å². The van der Waals surface area contributed by atoms with Crippen molar-refractivity contribution in [3.05, 3.63) is 35.4 Å². The molecule has 3 amide bonds. The van der Waals surface area contributed by atoms with Gasteiger partial charge in [0, 0.05) is 32.1 Å². The van der Waals surface area contributed by atoms with Crippen LogP contribution in [0.5, 0.6) is 0 Å². The van der Waals surface area contributed by atoms with E-state index in [9.17, 15) is 9.59 Å². The molecule has 1 heterocycles. The van der Waals surface area contributed by atoms with E-state index in [0.29, 0.717) is 32.0 Å². The molecule has 0 bridgehead atoms. The van der Waals surface area contributed by atoms with Gasteiger partial charge in [-0.15, -0.1) is 0 Å². The molecule has 26 heavy (non-hydrogen) atoms. The Morgan fingerprint density at radius 2 is 1.92 bits per heavy atom. The molecule has 142 valence electrons. The van der Waals surface area contributed by atoms with Crippen LogP contribution in [0.15, 0.2) is 24.3 Å². The predicted molar refractivity (Wildman–Crippen MR) is 102 cm³/mol. The lowest BCUT2D eigenvalue weighted by Gasteiger charge is -2.31. The second-order valence-corrected chi connectivity index (χ2v) is 7.38. The molecule has 1 aliphatic carbocycles. The first-order valence-corrected chi connectivity index (χ1v) is 9.76. The van der Waals surface area contributed by atoms with Crippen LogP contribution in [0.4, 0.5) is 4.79 Å². The summed E-state index contributed by atoms with van der Waals surface area (Å²) in [5.41, 5.74) is 8.33. The minimum absolute atomic E-state index is 0.000334. The molecule has 0 spiro atoms. The lowest BCUT2D eigenvalue weighted by molar-refractivity contribution is -0.122. The fourth-order valence-corrected chi connectivity index (χ4v) is 4.02. The molecule has 1 fully saturated rings. The fraction of sp³-hybridized carbons (Fsp3) is 0.600. The van der Waals surface area contributed by atoms with Gasteiger partial charge in [0.1, 0.15) is 0 Å². The van der Waals surface area contributed by atoms with Crippen molar-refractivity contribution in [1.29, 1.82) is 0 Å². The molecule has 0 aromatic heterocycles.